The molecule has 0 aliphatic carbocycles. The van der Waals surface area contributed by atoms with Crippen molar-refractivity contribution in [2.75, 3.05) is 19.8 Å². The summed E-state index contributed by atoms with van der Waals surface area (Å²) < 4.78 is 6.95. The number of nitrogens with zero attached hydrogens (tertiary/aromatic N) is 1. The van der Waals surface area contributed by atoms with Crippen molar-refractivity contribution in [2.45, 2.75) is 5.37 Å². The van der Waals surface area contributed by atoms with Gasteiger partial charge in [0, 0.05) is 6.54 Å². The summed E-state index contributed by atoms with van der Waals surface area (Å²) in [7, 11) is 0. The Kier molecular flexibility index (Phi) is 2.49. The minimum atomic E-state index is 0.173. The van der Waals surface area contributed by atoms with Gasteiger partial charge in [-0.2, -0.15) is 12.6 Å². The van der Waals surface area contributed by atoms with E-state index in [9.17, 15) is 0 Å². The van der Waals surface area contributed by atoms with Crippen molar-refractivity contribution in [1.29, 1.82) is 0 Å². The largest absolute Gasteiger partial charge is 0.378 e. The molecule has 1 aliphatic heterocycles. The van der Waals surface area contributed by atoms with Gasteiger partial charge in [0.05, 0.1) is 18.6 Å². The van der Waals surface area contributed by atoms with Crippen LogP contribution in [0.15, 0.2) is 0 Å². The van der Waals surface area contributed by atoms with Crippen LogP contribution in [0, 0.1) is 0 Å². The molecular weight excluding hydrogens is 142 g/mol. The molecule has 1 atom stereocenters. The molecule has 4 heteroatoms. The van der Waals surface area contributed by atoms with Crippen molar-refractivity contribution >= 4 is 25.4 Å². The first-order valence-electron chi connectivity index (χ1n) is 2.52. The lowest BCUT2D eigenvalue weighted by Gasteiger charge is -2.26. The highest BCUT2D eigenvalue weighted by atomic mass is 32.1. The molecule has 0 bridgehead atoms. The van der Waals surface area contributed by atoms with Gasteiger partial charge in [0.15, 0.2) is 0 Å². The van der Waals surface area contributed by atoms with Gasteiger partial charge in [0.25, 0.3) is 0 Å². The minimum Gasteiger partial charge on any atom is -0.378 e. The normalized spacial score (nSPS) is 33.0. The summed E-state index contributed by atoms with van der Waals surface area (Å²) in [6.45, 7) is 2.34. The van der Waals surface area contributed by atoms with Crippen LogP contribution in [-0.2, 0) is 4.74 Å². The quantitative estimate of drug-likeness (QED) is 0.487. The first-order valence-corrected chi connectivity index (χ1v) is 3.43. The molecule has 1 fully saturated rings. The van der Waals surface area contributed by atoms with Crippen LogP contribution in [0.2, 0.25) is 0 Å². The van der Waals surface area contributed by atoms with Crippen molar-refractivity contribution in [2.24, 2.45) is 0 Å². The Balaban J connectivity index is 2.28. The Morgan fingerprint density at radius 1 is 1.62 bits per heavy atom. The van der Waals surface area contributed by atoms with E-state index >= 15 is 0 Å². The molecule has 0 aromatic rings. The summed E-state index contributed by atoms with van der Waals surface area (Å²) >= 11 is 8.31. The summed E-state index contributed by atoms with van der Waals surface area (Å²) in [6, 6.07) is 0. The third kappa shape index (κ3) is 1.55. The topological polar surface area (TPSA) is 12.5 Å². The molecule has 0 aromatic carbocycles. The van der Waals surface area contributed by atoms with Crippen molar-refractivity contribution < 1.29 is 4.74 Å². The number of morpholine rings is 1. The molecule has 1 saturated heterocycles. The molecule has 0 amide bonds. The van der Waals surface area contributed by atoms with Crippen LogP contribution >= 0.6 is 25.4 Å². The maximum atomic E-state index is 5.09. The molecule has 2 nitrogen and oxygen atoms in total. The molecule has 1 rings (SSSR count). The zero-order valence-corrected chi connectivity index (χ0v) is 6.24. The molecule has 1 heterocycles. The van der Waals surface area contributed by atoms with Crippen LogP contribution in [0.3, 0.4) is 0 Å². The van der Waals surface area contributed by atoms with Gasteiger partial charge in [0.2, 0.25) is 0 Å². The monoisotopic (exact) mass is 151 g/mol. The van der Waals surface area contributed by atoms with E-state index in [-0.39, 0.29) is 5.37 Å². The Morgan fingerprint density at radius 2 is 2.38 bits per heavy atom. The highest BCUT2D eigenvalue weighted by molar-refractivity contribution is 7.83. The lowest BCUT2D eigenvalue weighted by molar-refractivity contribution is 0.0677. The number of thiol groups is 2. The van der Waals surface area contributed by atoms with Crippen LogP contribution in [0.1, 0.15) is 0 Å². The second-order valence-corrected chi connectivity index (χ2v) is 2.83. The molecule has 1 unspecified atom stereocenters. The molecule has 0 aromatic heterocycles. The second kappa shape index (κ2) is 2.96. The Hall–Kier alpha value is 0.620. The van der Waals surface area contributed by atoms with Crippen molar-refractivity contribution in [3.63, 3.8) is 0 Å². The van der Waals surface area contributed by atoms with Gasteiger partial charge in [0.1, 0.15) is 0 Å². The minimum absolute atomic E-state index is 0.173. The maximum Gasteiger partial charge on any atom is 0.0858 e. The van der Waals surface area contributed by atoms with Crippen LogP contribution in [-0.4, -0.2) is 29.4 Å². The van der Waals surface area contributed by atoms with Crippen LogP contribution in [0.4, 0.5) is 0 Å². The van der Waals surface area contributed by atoms with Gasteiger partial charge in [-0.3, -0.25) is 0 Å². The highest BCUT2D eigenvalue weighted by Crippen LogP contribution is 2.10. The zero-order chi connectivity index (χ0) is 5.98. The van der Waals surface area contributed by atoms with Gasteiger partial charge in [-0.15, -0.1) is 0 Å². The fourth-order valence-electron chi connectivity index (χ4n) is 0.582. The molecule has 8 heavy (non-hydrogen) atoms. The van der Waals surface area contributed by atoms with E-state index in [0.29, 0.717) is 6.61 Å². The van der Waals surface area contributed by atoms with E-state index in [1.165, 1.54) is 0 Å². The van der Waals surface area contributed by atoms with Gasteiger partial charge in [-0.05, 0) is 0 Å². The molecule has 0 spiro atoms. The van der Waals surface area contributed by atoms with Gasteiger partial charge in [-0.1, -0.05) is 12.8 Å². The van der Waals surface area contributed by atoms with E-state index in [2.05, 4.69) is 25.4 Å². The van der Waals surface area contributed by atoms with E-state index in [1.54, 1.807) is 0 Å². The summed E-state index contributed by atoms with van der Waals surface area (Å²) in [6.07, 6.45) is 0. The third-order valence-electron chi connectivity index (χ3n) is 1.08. The molecule has 0 saturated carbocycles. The molecule has 48 valence electrons. The fraction of sp³-hybridized carbons (Fsp3) is 1.00. The number of ether oxygens (including phenoxy) is 1. The van der Waals surface area contributed by atoms with Gasteiger partial charge >= 0.3 is 0 Å². The molecule has 0 radical (unpaired) electrons. The summed E-state index contributed by atoms with van der Waals surface area (Å²) in [5.74, 6) is 0. The first kappa shape index (κ1) is 6.74. The number of rotatable bonds is 0. The molecule has 0 N–H and O–H groups in total. The Bertz CT molecular complexity index is 70.4. The smallest absolute Gasteiger partial charge is 0.0858 e. The predicted octanol–water partition coefficient (Wildman–Crippen LogP) is 0.419. The number of hydrogen-bond donors (Lipinski definition) is 2. The molecule has 1 aliphatic rings. The van der Waals surface area contributed by atoms with E-state index in [1.807, 2.05) is 4.31 Å². The van der Waals surface area contributed by atoms with Crippen LogP contribution in [0.25, 0.3) is 0 Å². The summed E-state index contributed by atoms with van der Waals surface area (Å²) in [5.41, 5.74) is 0. The first-order chi connectivity index (χ1) is 3.80. The van der Waals surface area contributed by atoms with E-state index in [0.717, 1.165) is 13.2 Å². The standard InChI is InChI=1S/C4H9NOS2/c7-4-3-6-2-1-5(4)8/h4,7-8H,1-3H2. The van der Waals surface area contributed by atoms with Crippen LogP contribution in [0.5, 0.6) is 0 Å². The summed E-state index contributed by atoms with van der Waals surface area (Å²) in [4.78, 5) is 0. The zero-order valence-electron chi connectivity index (χ0n) is 4.45. The molecular formula is C4H9NOS2. The lowest BCUT2D eigenvalue weighted by Crippen LogP contribution is -2.35. The lowest BCUT2D eigenvalue weighted by atomic mass is 10.5. The van der Waals surface area contributed by atoms with Gasteiger partial charge < -0.3 is 4.74 Å². The third-order valence-corrected chi connectivity index (χ3v) is 2.16. The van der Waals surface area contributed by atoms with Gasteiger partial charge in [-0.25, -0.2) is 4.31 Å². The fourth-order valence-corrected chi connectivity index (χ4v) is 0.951. The summed E-state index contributed by atoms with van der Waals surface area (Å²) in [5, 5.41) is 0.173. The van der Waals surface area contributed by atoms with Crippen LogP contribution < -0.4 is 0 Å². The van der Waals surface area contributed by atoms with Crippen molar-refractivity contribution in [3.8, 4) is 0 Å². The Morgan fingerprint density at radius 3 is 2.75 bits per heavy atom. The Labute approximate surface area is 60.1 Å². The average molecular weight is 151 g/mol. The predicted molar refractivity (Wildman–Crippen MR) is 39.3 cm³/mol. The number of hydrogen-bond acceptors (Lipinski definition) is 4. The van der Waals surface area contributed by atoms with E-state index < -0.39 is 0 Å². The maximum absolute atomic E-state index is 5.09. The van der Waals surface area contributed by atoms with Crippen molar-refractivity contribution in [3.05, 3.63) is 0 Å². The second-order valence-electron chi connectivity index (χ2n) is 1.72. The highest BCUT2D eigenvalue weighted by Gasteiger charge is 2.14. The average Bonchev–Trinajstić information content (AvgIpc) is 1.77. The van der Waals surface area contributed by atoms with Crippen molar-refractivity contribution in [1.82, 2.24) is 4.31 Å². The van der Waals surface area contributed by atoms with E-state index in [4.69, 9.17) is 4.74 Å². The SMILES string of the molecule is SC1COCCN1S.